The van der Waals surface area contributed by atoms with Gasteiger partial charge in [0.15, 0.2) is 11.5 Å². The van der Waals surface area contributed by atoms with Gasteiger partial charge in [0.2, 0.25) is 5.91 Å². The van der Waals surface area contributed by atoms with Crippen molar-refractivity contribution < 1.29 is 22.7 Å². The van der Waals surface area contributed by atoms with Gasteiger partial charge in [-0.1, -0.05) is 23.8 Å². The number of benzene rings is 2. The fraction of sp³-hybridized carbons (Fsp3) is 0.250. The average Bonchev–Trinajstić information content (AvgIpc) is 2.70. The highest BCUT2D eigenvalue weighted by Crippen LogP contribution is 2.32. The highest BCUT2D eigenvalue weighted by molar-refractivity contribution is 7.92. The molecular formula is C20H24N2O5S. The molecule has 7 nitrogen and oxygen atoms in total. The van der Waals surface area contributed by atoms with E-state index in [-0.39, 0.29) is 23.7 Å². The Morgan fingerprint density at radius 2 is 1.75 bits per heavy atom. The SMILES string of the molecule is C=CCNC(=O)CN(c1ccc(C)cc1)S(=O)(=O)c1ccc(OC)c(OC)c1. The van der Waals surface area contributed by atoms with Crippen molar-refractivity contribution >= 4 is 21.6 Å². The smallest absolute Gasteiger partial charge is 0.264 e. The predicted molar refractivity (Wildman–Crippen MR) is 108 cm³/mol. The van der Waals surface area contributed by atoms with Crippen LogP contribution in [0.3, 0.4) is 0 Å². The Labute approximate surface area is 165 Å². The number of rotatable bonds is 9. The molecule has 0 saturated carbocycles. The quantitative estimate of drug-likeness (QED) is 0.649. The van der Waals surface area contributed by atoms with Gasteiger partial charge < -0.3 is 14.8 Å². The van der Waals surface area contributed by atoms with Crippen LogP contribution in [0.5, 0.6) is 11.5 Å². The standard InChI is InChI=1S/C20H24N2O5S/c1-5-12-21-20(23)14-22(16-8-6-15(2)7-9-16)28(24,25)17-10-11-18(26-3)19(13-17)27-4/h5-11,13H,1,12,14H2,2-4H3,(H,21,23). The number of nitrogens with one attached hydrogen (secondary N) is 1. The molecule has 150 valence electrons. The summed E-state index contributed by atoms with van der Waals surface area (Å²) in [6.45, 7) is 5.32. The van der Waals surface area contributed by atoms with E-state index in [9.17, 15) is 13.2 Å². The van der Waals surface area contributed by atoms with Gasteiger partial charge >= 0.3 is 0 Å². The molecule has 0 saturated heterocycles. The zero-order chi connectivity index (χ0) is 20.7. The summed E-state index contributed by atoms with van der Waals surface area (Å²) >= 11 is 0. The van der Waals surface area contributed by atoms with E-state index in [1.165, 1.54) is 38.5 Å². The number of nitrogens with zero attached hydrogens (tertiary/aromatic N) is 1. The molecule has 2 aromatic rings. The lowest BCUT2D eigenvalue weighted by molar-refractivity contribution is -0.119. The number of hydrogen-bond donors (Lipinski definition) is 1. The van der Waals surface area contributed by atoms with Gasteiger partial charge in [0, 0.05) is 12.6 Å². The van der Waals surface area contributed by atoms with Gasteiger partial charge in [-0.05, 0) is 31.2 Å². The molecule has 0 aliphatic rings. The maximum absolute atomic E-state index is 13.3. The highest BCUT2D eigenvalue weighted by atomic mass is 32.2. The second-order valence-electron chi connectivity index (χ2n) is 5.96. The first-order valence-corrected chi connectivity index (χ1v) is 9.96. The molecule has 8 heteroatoms. The Morgan fingerprint density at radius 1 is 1.11 bits per heavy atom. The average molecular weight is 404 g/mol. The molecule has 0 aromatic heterocycles. The molecule has 0 heterocycles. The van der Waals surface area contributed by atoms with Gasteiger partial charge in [-0.25, -0.2) is 8.42 Å². The minimum Gasteiger partial charge on any atom is -0.493 e. The fourth-order valence-corrected chi connectivity index (χ4v) is 3.94. The van der Waals surface area contributed by atoms with Gasteiger partial charge in [-0.15, -0.1) is 6.58 Å². The Morgan fingerprint density at radius 3 is 2.32 bits per heavy atom. The molecule has 0 bridgehead atoms. The second-order valence-corrected chi connectivity index (χ2v) is 7.82. The van der Waals surface area contributed by atoms with Gasteiger partial charge in [0.25, 0.3) is 10.0 Å². The van der Waals surface area contributed by atoms with E-state index >= 15 is 0 Å². The number of hydrogen-bond acceptors (Lipinski definition) is 5. The molecule has 0 fully saturated rings. The van der Waals surface area contributed by atoms with Gasteiger partial charge in [-0.2, -0.15) is 0 Å². The van der Waals surface area contributed by atoms with Crippen molar-refractivity contribution in [3.63, 3.8) is 0 Å². The number of sulfonamides is 1. The first-order chi connectivity index (χ1) is 13.3. The van der Waals surface area contributed by atoms with E-state index in [4.69, 9.17) is 9.47 Å². The minimum absolute atomic E-state index is 0.0118. The molecule has 28 heavy (non-hydrogen) atoms. The summed E-state index contributed by atoms with van der Waals surface area (Å²) < 4.78 is 38.1. The molecule has 2 rings (SSSR count). The molecule has 0 aliphatic carbocycles. The topological polar surface area (TPSA) is 84.9 Å². The van der Waals surface area contributed by atoms with Crippen LogP contribution in [-0.2, 0) is 14.8 Å². The van der Waals surface area contributed by atoms with Crippen molar-refractivity contribution in [2.24, 2.45) is 0 Å². The predicted octanol–water partition coefficient (Wildman–Crippen LogP) is 2.51. The van der Waals surface area contributed by atoms with Gasteiger partial charge in [-0.3, -0.25) is 9.10 Å². The number of methoxy groups -OCH3 is 2. The zero-order valence-electron chi connectivity index (χ0n) is 16.1. The number of aryl methyl sites for hydroxylation is 1. The van der Waals surface area contributed by atoms with Crippen LogP contribution in [0.15, 0.2) is 60.0 Å². The summed E-state index contributed by atoms with van der Waals surface area (Å²) in [4.78, 5) is 12.2. The molecule has 2 aromatic carbocycles. The number of ether oxygens (including phenoxy) is 2. The van der Waals surface area contributed by atoms with Crippen LogP contribution in [0.25, 0.3) is 0 Å². The van der Waals surface area contributed by atoms with Crippen LogP contribution in [0.4, 0.5) is 5.69 Å². The molecule has 0 aliphatic heterocycles. The fourth-order valence-electron chi connectivity index (χ4n) is 2.50. The van der Waals surface area contributed by atoms with Crippen molar-refractivity contribution in [1.82, 2.24) is 5.32 Å². The first-order valence-electron chi connectivity index (χ1n) is 8.52. The van der Waals surface area contributed by atoms with Gasteiger partial charge in [0.05, 0.1) is 24.8 Å². The Kier molecular flexibility index (Phi) is 7.06. The lowest BCUT2D eigenvalue weighted by Gasteiger charge is -2.24. The zero-order valence-corrected chi connectivity index (χ0v) is 17.0. The van der Waals surface area contributed by atoms with E-state index in [1.54, 1.807) is 24.3 Å². The molecule has 0 atom stereocenters. The Balaban J connectivity index is 2.49. The Bertz CT molecular complexity index is 940. The van der Waals surface area contributed by atoms with Crippen molar-refractivity contribution in [3.8, 4) is 11.5 Å². The first kappa shape index (κ1) is 21.3. The van der Waals surface area contributed by atoms with Crippen molar-refractivity contribution in [3.05, 3.63) is 60.7 Å². The van der Waals surface area contributed by atoms with E-state index in [0.717, 1.165) is 9.87 Å². The lowest BCUT2D eigenvalue weighted by atomic mass is 10.2. The van der Waals surface area contributed by atoms with E-state index < -0.39 is 15.9 Å². The number of amides is 1. The van der Waals surface area contributed by atoms with Crippen molar-refractivity contribution in [1.29, 1.82) is 0 Å². The molecule has 1 N–H and O–H groups in total. The third-order valence-corrected chi connectivity index (χ3v) is 5.77. The molecule has 0 spiro atoms. The highest BCUT2D eigenvalue weighted by Gasteiger charge is 2.28. The van der Waals surface area contributed by atoms with E-state index in [1.807, 2.05) is 6.92 Å². The van der Waals surface area contributed by atoms with Crippen molar-refractivity contribution in [2.45, 2.75) is 11.8 Å². The molecule has 0 radical (unpaired) electrons. The molecule has 0 unspecified atom stereocenters. The monoisotopic (exact) mass is 404 g/mol. The van der Waals surface area contributed by atoms with Crippen LogP contribution in [0.2, 0.25) is 0 Å². The summed E-state index contributed by atoms with van der Waals surface area (Å²) in [6, 6.07) is 11.2. The van der Waals surface area contributed by atoms with Crippen LogP contribution in [0, 0.1) is 6.92 Å². The summed E-state index contributed by atoms with van der Waals surface area (Å²) in [7, 11) is -1.14. The lowest BCUT2D eigenvalue weighted by Crippen LogP contribution is -2.41. The number of carbonyl (C=O) groups excluding carboxylic acids is 1. The summed E-state index contributed by atoms with van der Waals surface area (Å²) in [6.07, 6.45) is 1.52. The van der Waals surface area contributed by atoms with Crippen molar-refractivity contribution in [2.75, 3.05) is 31.6 Å². The minimum atomic E-state index is -4.03. The van der Waals surface area contributed by atoms with Gasteiger partial charge in [0.1, 0.15) is 6.54 Å². The number of carbonyl (C=O) groups is 1. The largest absolute Gasteiger partial charge is 0.493 e. The maximum Gasteiger partial charge on any atom is 0.264 e. The van der Waals surface area contributed by atoms with E-state index in [2.05, 4.69) is 11.9 Å². The third kappa shape index (κ3) is 4.83. The summed E-state index contributed by atoms with van der Waals surface area (Å²) in [5.74, 6) is 0.250. The van der Waals surface area contributed by atoms with E-state index in [0.29, 0.717) is 11.4 Å². The molecule has 1 amide bonds. The van der Waals surface area contributed by atoms with Crippen LogP contribution < -0.4 is 19.1 Å². The maximum atomic E-state index is 13.3. The summed E-state index contributed by atoms with van der Waals surface area (Å²) in [5.41, 5.74) is 1.36. The third-order valence-electron chi connectivity index (χ3n) is 4.00. The Hall–Kier alpha value is -3.00. The summed E-state index contributed by atoms with van der Waals surface area (Å²) in [5, 5.41) is 2.60. The second kappa shape index (κ2) is 9.27. The number of anilines is 1. The molecular weight excluding hydrogens is 380 g/mol. The normalized spacial score (nSPS) is 10.8. The van der Waals surface area contributed by atoms with Crippen LogP contribution in [-0.4, -0.2) is 41.6 Å². The van der Waals surface area contributed by atoms with Crippen LogP contribution >= 0.6 is 0 Å². The van der Waals surface area contributed by atoms with Crippen LogP contribution in [0.1, 0.15) is 5.56 Å².